The third-order valence-corrected chi connectivity index (χ3v) is 15.2. The third-order valence-electron chi connectivity index (χ3n) is 15.2. The first-order valence-corrected chi connectivity index (χ1v) is 28.0. The zero-order valence-electron chi connectivity index (χ0n) is 43.6. The van der Waals surface area contributed by atoms with Crippen molar-refractivity contribution in [1.29, 1.82) is 0 Å². The molecule has 0 saturated heterocycles. The molecule has 0 aliphatic rings. The van der Waals surface area contributed by atoms with E-state index in [0.29, 0.717) is 11.8 Å². The van der Waals surface area contributed by atoms with Crippen molar-refractivity contribution in [1.82, 2.24) is 9.55 Å². The van der Waals surface area contributed by atoms with Crippen LogP contribution in [0.2, 0.25) is 0 Å². The number of rotatable bonds is 31. The molecule has 0 saturated carbocycles. The summed E-state index contributed by atoms with van der Waals surface area (Å²) in [6.07, 6.45) is 31.4. The van der Waals surface area contributed by atoms with Crippen molar-refractivity contribution < 1.29 is 4.74 Å². The monoisotopic (exact) mass is 913 g/mol. The summed E-state index contributed by atoms with van der Waals surface area (Å²) in [5, 5.41) is 7.61. The Hall–Kier alpha value is -4.63. The van der Waals surface area contributed by atoms with Crippen molar-refractivity contribution in [2.24, 2.45) is 11.8 Å². The van der Waals surface area contributed by atoms with E-state index in [2.05, 4.69) is 143 Å². The van der Waals surface area contributed by atoms with Gasteiger partial charge in [-0.05, 0) is 102 Å². The normalized spacial score (nSPS) is 12.8. The number of aromatic nitrogens is 2. The number of hydrogen-bond acceptors (Lipinski definition) is 2. The molecule has 7 rings (SSSR count). The predicted molar refractivity (Wildman–Crippen MR) is 299 cm³/mol. The lowest BCUT2D eigenvalue weighted by molar-refractivity contribution is 0.225. The van der Waals surface area contributed by atoms with E-state index in [1.807, 2.05) is 0 Å². The van der Waals surface area contributed by atoms with Crippen molar-refractivity contribution in [2.45, 2.75) is 202 Å². The van der Waals surface area contributed by atoms with Crippen molar-refractivity contribution in [3.63, 3.8) is 0 Å². The molecule has 0 spiro atoms. The summed E-state index contributed by atoms with van der Waals surface area (Å²) in [6.45, 7) is 15.5. The molecule has 0 fully saturated rings. The van der Waals surface area contributed by atoms with Crippen LogP contribution in [-0.2, 0) is 6.54 Å². The first-order valence-electron chi connectivity index (χ1n) is 28.0. The maximum atomic E-state index is 7.30. The minimum Gasteiger partial charge on any atom is -0.493 e. The van der Waals surface area contributed by atoms with Gasteiger partial charge in [-0.1, -0.05) is 246 Å². The van der Waals surface area contributed by atoms with Gasteiger partial charge in [0.2, 0.25) is 0 Å². The largest absolute Gasteiger partial charge is 0.493 e. The van der Waals surface area contributed by atoms with Gasteiger partial charge in [-0.3, -0.25) is 0 Å². The van der Waals surface area contributed by atoms with Gasteiger partial charge in [0.15, 0.2) is 0 Å². The van der Waals surface area contributed by atoms with Crippen LogP contribution in [-0.4, -0.2) is 16.2 Å². The van der Waals surface area contributed by atoms with Gasteiger partial charge >= 0.3 is 0 Å². The smallest absolute Gasteiger partial charge is 0.145 e. The standard InChI is InChI=1S/C65H88N2O/c1-7-11-15-19-21-25-30-51(29-23-17-13-9-3)47-67-64-60-45-50(6)37-42-58(60)57-43-40-55(53-38-35-49(5)36-39-53)46-59(57)63(64)66-65(67)62-56-34-28-27-33-54(56)41-44-61(62)68-48-52(31-24-18-14-10-4)32-26-22-20-16-12-8-2/h27-28,33-46,51-52H,7-26,29-32,47-48H2,1-6H3. The molecular weight excluding hydrogens is 825 g/mol. The number of hydrogen-bond donors (Lipinski definition) is 0. The SMILES string of the molecule is CCCCCCCCC(CCCCCC)COc1ccc2ccccc2c1-c1nc2c3cc(-c4ccc(C)cc4)ccc3c3ccc(C)cc3c2n1CC(CCCCCC)CCCCCCCC. The molecule has 364 valence electrons. The zero-order valence-corrected chi connectivity index (χ0v) is 43.6. The van der Waals surface area contributed by atoms with Crippen LogP contribution < -0.4 is 4.74 Å². The molecule has 1 heterocycles. The lowest BCUT2D eigenvalue weighted by atomic mass is 9.93. The van der Waals surface area contributed by atoms with E-state index in [1.165, 1.54) is 214 Å². The van der Waals surface area contributed by atoms with Gasteiger partial charge in [-0.15, -0.1) is 0 Å². The van der Waals surface area contributed by atoms with Gasteiger partial charge in [0.05, 0.1) is 23.2 Å². The van der Waals surface area contributed by atoms with Crippen LogP contribution in [0.25, 0.3) is 65.9 Å². The van der Waals surface area contributed by atoms with Crippen LogP contribution >= 0.6 is 0 Å². The average Bonchev–Trinajstić information content (AvgIpc) is 3.73. The number of nitrogens with zero attached hydrogens (tertiary/aromatic N) is 2. The van der Waals surface area contributed by atoms with E-state index in [9.17, 15) is 0 Å². The Morgan fingerprint density at radius 1 is 0.456 bits per heavy atom. The molecule has 1 aromatic heterocycles. The number of fused-ring (bicyclic) bond motifs is 7. The average molecular weight is 913 g/mol. The lowest BCUT2D eigenvalue weighted by Gasteiger charge is -2.23. The minimum absolute atomic E-state index is 0.553. The van der Waals surface area contributed by atoms with Gasteiger partial charge in [-0.25, -0.2) is 4.98 Å². The summed E-state index contributed by atoms with van der Waals surface area (Å²) in [5.41, 5.74) is 8.61. The molecule has 2 unspecified atom stereocenters. The molecule has 6 aromatic carbocycles. The number of unbranched alkanes of at least 4 members (excludes halogenated alkanes) is 16. The molecule has 7 aromatic rings. The summed E-state index contributed by atoms with van der Waals surface area (Å²) in [7, 11) is 0. The molecule has 3 nitrogen and oxygen atoms in total. The van der Waals surface area contributed by atoms with Crippen LogP contribution in [0.5, 0.6) is 5.75 Å². The molecule has 2 atom stereocenters. The fourth-order valence-corrected chi connectivity index (χ4v) is 11.1. The first kappa shape index (κ1) is 51.2. The Kier molecular flexibility index (Phi) is 20.3. The molecule has 0 radical (unpaired) electrons. The highest BCUT2D eigenvalue weighted by Gasteiger charge is 2.26. The van der Waals surface area contributed by atoms with E-state index in [0.717, 1.165) is 35.8 Å². The number of ether oxygens (including phenoxy) is 1. The second kappa shape index (κ2) is 26.9. The zero-order chi connectivity index (χ0) is 47.5. The quantitative estimate of drug-likeness (QED) is 0.0320. The highest BCUT2D eigenvalue weighted by atomic mass is 16.5. The first-order chi connectivity index (χ1) is 33.4. The predicted octanol–water partition coefficient (Wildman–Crippen LogP) is 20.5. The molecule has 0 bridgehead atoms. The van der Waals surface area contributed by atoms with Crippen LogP contribution in [0, 0.1) is 25.7 Å². The van der Waals surface area contributed by atoms with Gasteiger partial charge in [-0.2, -0.15) is 0 Å². The number of imidazole rings is 1. The van der Waals surface area contributed by atoms with Crippen LogP contribution in [0.3, 0.4) is 0 Å². The van der Waals surface area contributed by atoms with Crippen LogP contribution in [0.4, 0.5) is 0 Å². The Morgan fingerprint density at radius 3 is 1.63 bits per heavy atom. The summed E-state index contributed by atoms with van der Waals surface area (Å²) >= 11 is 0. The maximum absolute atomic E-state index is 7.30. The molecule has 0 aliphatic heterocycles. The molecule has 0 amide bonds. The van der Waals surface area contributed by atoms with E-state index < -0.39 is 0 Å². The summed E-state index contributed by atoms with van der Waals surface area (Å²) in [5.74, 6) is 3.17. The van der Waals surface area contributed by atoms with Gasteiger partial charge in [0, 0.05) is 17.3 Å². The van der Waals surface area contributed by atoms with Crippen molar-refractivity contribution in [3.8, 4) is 28.3 Å². The Bertz CT molecular complexity index is 2600. The highest BCUT2D eigenvalue weighted by Crippen LogP contribution is 2.44. The van der Waals surface area contributed by atoms with Crippen molar-refractivity contribution in [2.75, 3.05) is 6.61 Å². The summed E-state index contributed by atoms with van der Waals surface area (Å²) in [6, 6.07) is 36.9. The van der Waals surface area contributed by atoms with E-state index in [-0.39, 0.29) is 0 Å². The second-order valence-electron chi connectivity index (χ2n) is 20.9. The van der Waals surface area contributed by atoms with E-state index >= 15 is 0 Å². The van der Waals surface area contributed by atoms with Gasteiger partial charge < -0.3 is 9.30 Å². The highest BCUT2D eigenvalue weighted by molar-refractivity contribution is 6.24. The summed E-state index contributed by atoms with van der Waals surface area (Å²) < 4.78 is 10.0. The molecule has 3 heteroatoms. The molecule has 68 heavy (non-hydrogen) atoms. The van der Waals surface area contributed by atoms with Crippen molar-refractivity contribution in [3.05, 3.63) is 108 Å². The fraction of sp³-hybridized carbons (Fsp3) is 0.523. The Balaban J connectivity index is 1.40. The van der Waals surface area contributed by atoms with E-state index in [4.69, 9.17) is 9.72 Å². The van der Waals surface area contributed by atoms with Crippen LogP contribution in [0.15, 0.2) is 97.1 Å². The van der Waals surface area contributed by atoms with E-state index in [1.54, 1.807) is 0 Å². The van der Waals surface area contributed by atoms with Crippen molar-refractivity contribution >= 4 is 43.4 Å². The van der Waals surface area contributed by atoms with Crippen LogP contribution in [0.1, 0.15) is 193 Å². The summed E-state index contributed by atoms with van der Waals surface area (Å²) in [4.78, 5) is 6.01. The topological polar surface area (TPSA) is 27.1 Å². The van der Waals surface area contributed by atoms with Gasteiger partial charge in [0.1, 0.15) is 11.6 Å². The minimum atomic E-state index is 0.553. The fourth-order valence-electron chi connectivity index (χ4n) is 11.1. The number of aryl methyl sites for hydroxylation is 2. The maximum Gasteiger partial charge on any atom is 0.145 e. The number of benzene rings is 6. The molecule has 0 aliphatic carbocycles. The third kappa shape index (κ3) is 13.6. The lowest BCUT2D eigenvalue weighted by Crippen LogP contribution is -2.15. The Labute approximate surface area is 412 Å². The molecular formula is C65H88N2O. The molecule has 0 N–H and O–H groups in total. The second-order valence-corrected chi connectivity index (χ2v) is 20.9. The Morgan fingerprint density at radius 2 is 0.985 bits per heavy atom. The van der Waals surface area contributed by atoms with Gasteiger partial charge in [0.25, 0.3) is 0 Å².